The molecule has 2 aromatic carbocycles. The molecule has 1 aliphatic carbocycles. The number of benzene rings is 2. The Morgan fingerprint density at radius 3 is 2.85 bits per heavy atom. The van der Waals surface area contributed by atoms with Crippen molar-refractivity contribution in [1.29, 1.82) is 0 Å². The second-order valence-corrected chi connectivity index (χ2v) is 6.25. The molecular weight excluding hydrogens is 328 g/mol. The number of allylic oxidation sites excluding steroid dienone is 1. The molecule has 4 rings (SSSR count). The Morgan fingerprint density at radius 1 is 1.23 bits per heavy atom. The first kappa shape index (κ1) is 16.0. The van der Waals surface area contributed by atoms with Gasteiger partial charge in [-0.05, 0) is 48.2 Å². The van der Waals surface area contributed by atoms with Crippen molar-refractivity contribution in [3.8, 4) is 11.5 Å². The number of ketones is 1. The van der Waals surface area contributed by atoms with Gasteiger partial charge in [-0.3, -0.25) is 4.79 Å². The van der Waals surface area contributed by atoms with Crippen molar-refractivity contribution in [3.63, 3.8) is 0 Å². The molecule has 3 aromatic rings. The van der Waals surface area contributed by atoms with Crippen molar-refractivity contribution >= 4 is 28.4 Å². The van der Waals surface area contributed by atoms with E-state index in [0.717, 1.165) is 28.5 Å². The molecule has 0 atom stereocenters. The van der Waals surface area contributed by atoms with E-state index in [1.54, 1.807) is 30.3 Å². The van der Waals surface area contributed by atoms with Crippen molar-refractivity contribution in [1.82, 2.24) is 4.98 Å². The summed E-state index contributed by atoms with van der Waals surface area (Å²) >= 11 is 0. The molecule has 0 bridgehead atoms. The average molecular weight is 344 g/mol. The minimum absolute atomic E-state index is 0.0288. The molecule has 0 amide bonds. The van der Waals surface area contributed by atoms with Gasteiger partial charge >= 0.3 is 0 Å². The second kappa shape index (κ2) is 6.08. The van der Waals surface area contributed by atoms with Gasteiger partial charge in [-0.1, -0.05) is 18.2 Å². The number of aromatic amines is 1. The lowest BCUT2D eigenvalue weighted by Gasteiger charge is -2.14. The third kappa shape index (κ3) is 2.52. The van der Waals surface area contributed by atoms with Gasteiger partial charge in [-0.15, -0.1) is 0 Å². The molecule has 5 heteroatoms. The van der Waals surface area contributed by atoms with Crippen LogP contribution in [0.4, 0.5) is 5.69 Å². The summed E-state index contributed by atoms with van der Waals surface area (Å²) in [7, 11) is 1.49. The number of hydrogen-bond acceptors (Lipinski definition) is 3. The molecule has 0 radical (unpaired) electrons. The third-order valence-corrected chi connectivity index (χ3v) is 4.73. The fraction of sp³-hybridized carbons (Fsp3) is 0.143. The molecule has 1 aliphatic rings. The van der Waals surface area contributed by atoms with Gasteiger partial charge in [-0.2, -0.15) is 0 Å². The number of fused-ring (bicyclic) bond motifs is 3. The zero-order chi connectivity index (χ0) is 18.3. The average Bonchev–Trinajstić information content (AvgIpc) is 3.04. The van der Waals surface area contributed by atoms with Crippen LogP contribution in [0.5, 0.6) is 11.5 Å². The predicted molar refractivity (Wildman–Crippen MR) is 99.8 cm³/mol. The van der Waals surface area contributed by atoms with Gasteiger partial charge in [-0.25, -0.2) is 4.85 Å². The van der Waals surface area contributed by atoms with E-state index in [-0.39, 0.29) is 11.5 Å². The number of nitrogens with one attached hydrogen (secondary N) is 1. The Bertz CT molecular complexity index is 1120. The minimum atomic E-state index is -0.0288. The Hall–Kier alpha value is -3.52. The highest BCUT2D eigenvalue weighted by Crippen LogP contribution is 2.34. The van der Waals surface area contributed by atoms with E-state index < -0.39 is 0 Å². The lowest BCUT2D eigenvalue weighted by Crippen LogP contribution is -2.13. The fourth-order valence-electron chi connectivity index (χ4n) is 3.42. The number of nitrogens with zero attached hydrogens (tertiary/aromatic N) is 1. The van der Waals surface area contributed by atoms with E-state index in [0.29, 0.717) is 29.1 Å². The second-order valence-electron chi connectivity index (χ2n) is 6.25. The maximum atomic E-state index is 12.9. The normalized spacial score (nSPS) is 15.1. The number of carbonyl (C=O) groups is 1. The summed E-state index contributed by atoms with van der Waals surface area (Å²) in [5, 5.41) is 10.7. The van der Waals surface area contributed by atoms with Crippen LogP contribution in [0.15, 0.2) is 42.0 Å². The van der Waals surface area contributed by atoms with E-state index in [1.807, 2.05) is 12.1 Å². The predicted octanol–water partition coefficient (Wildman–Crippen LogP) is 4.65. The van der Waals surface area contributed by atoms with Crippen molar-refractivity contribution in [2.45, 2.75) is 12.8 Å². The van der Waals surface area contributed by atoms with E-state index in [1.165, 1.54) is 7.11 Å². The number of carbonyl (C=O) groups excluding carboxylic acids is 1. The van der Waals surface area contributed by atoms with Crippen molar-refractivity contribution < 1.29 is 14.6 Å². The Kier molecular flexibility index (Phi) is 3.74. The van der Waals surface area contributed by atoms with Gasteiger partial charge in [0, 0.05) is 16.5 Å². The first-order valence-electron chi connectivity index (χ1n) is 8.25. The van der Waals surface area contributed by atoms with Gasteiger partial charge in [0.15, 0.2) is 17.2 Å². The molecule has 0 unspecified atom stereocenters. The first-order chi connectivity index (χ1) is 12.6. The minimum Gasteiger partial charge on any atom is -0.504 e. The van der Waals surface area contributed by atoms with Crippen LogP contribution in [-0.2, 0) is 6.42 Å². The topological polar surface area (TPSA) is 66.7 Å². The van der Waals surface area contributed by atoms with Gasteiger partial charge < -0.3 is 14.8 Å². The summed E-state index contributed by atoms with van der Waals surface area (Å²) in [6.07, 6.45) is 3.25. The number of Topliss-reactive ketones (excluding diaryl/α,β-unsaturated/α-hetero) is 1. The lowest BCUT2D eigenvalue weighted by atomic mass is 9.89. The molecule has 1 aromatic heterocycles. The third-order valence-electron chi connectivity index (χ3n) is 4.73. The molecular formula is C21H16N2O3. The zero-order valence-electron chi connectivity index (χ0n) is 14.2. The Morgan fingerprint density at radius 2 is 2.08 bits per heavy atom. The number of hydrogen-bond donors (Lipinski definition) is 2. The van der Waals surface area contributed by atoms with E-state index in [4.69, 9.17) is 11.3 Å². The highest BCUT2D eigenvalue weighted by Gasteiger charge is 2.26. The quantitative estimate of drug-likeness (QED) is 0.525. The number of aromatic nitrogens is 1. The number of aromatic hydroxyl groups is 1. The monoisotopic (exact) mass is 344 g/mol. The van der Waals surface area contributed by atoms with Crippen molar-refractivity contribution in [3.05, 3.63) is 70.2 Å². The number of phenols is 1. The molecule has 0 saturated carbocycles. The van der Waals surface area contributed by atoms with Crippen LogP contribution in [-0.4, -0.2) is 23.0 Å². The standard InChI is InChI=1S/C21H16N2O3/c1-22-14-5-7-15-16-6-4-13(21(25)20(16)23-17(15)11-14)9-12-3-8-18(24)19(10-12)26-2/h3,5,7-11,23-24H,4,6H2,2H3/b13-9+. The molecule has 0 fully saturated rings. The number of methoxy groups -OCH3 is 1. The number of phenolic OH excluding ortho intramolecular Hbond substituents is 1. The number of H-pyrrole nitrogens is 1. The Balaban J connectivity index is 1.75. The smallest absolute Gasteiger partial charge is 0.205 e. The number of aryl methyl sites for hydroxylation is 1. The molecule has 1 heterocycles. The van der Waals surface area contributed by atoms with Crippen LogP contribution < -0.4 is 4.74 Å². The molecule has 26 heavy (non-hydrogen) atoms. The summed E-state index contributed by atoms with van der Waals surface area (Å²) in [5.74, 6) is 0.414. The summed E-state index contributed by atoms with van der Waals surface area (Å²) in [6.45, 7) is 7.13. The van der Waals surface area contributed by atoms with Gasteiger partial charge in [0.05, 0.1) is 19.4 Å². The van der Waals surface area contributed by atoms with Crippen LogP contribution >= 0.6 is 0 Å². The number of ether oxygens (including phenoxy) is 1. The maximum absolute atomic E-state index is 12.9. The summed E-state index contributed by atoms with van der Waals surface area (Å²) in [6, 6.07) is 10.5. The van der Waals surface area contributed by atoms with Crippen molar-refractivity contribution in [2.75, 3.05) is 7.11 Å². The highest BCUT2D eigenvalue weighted by atomic mass is 16.5. The largest absolute Gasteiger partial charge is 0.504 e. The summed E-state index contributed by atoms with van der Waals surface area (Å²) < 4.78 is 5.13. The zero-order valence-corrected chi connectivity index (χ0v) is 14.2. The van der Waals surface area contributed by atoms with Crippen LogP contribution in [0, 0.1) is 6.57 Å². The summed E-state index contributed by atoms with van der Waals surface area (Å²) in [5.41, 5.74) is 4.51. The van der Waals surface area contributed by atoms with Crippen LogP contribution in [0.2, 0.25) is 0 Å². The molecule has 5 nitrogen and oxygen atoms in total. The maximum Gasteiger partial charge on any atom is 0.205 e. The van der Waals surface area contributed by atoms with E-state index in [9.17, 15) is 9.90 Å². The van der Waals surface area contributed by atoms with Crippen LogP contribution in [0.1, 0.15) is 28.0 Å². The van der Waals surface area contributed by atoms with Crippen LogP contribution in [0.25, 0.3) is 21.8 Å². The van der Waals surface area contributed by atoms with Crippen LogP contribution in [0.3, 0.4) is 0 Å². The molecule has 0 aliphatic heterocycles. The lowest BCUT2D eigenvalue weighted by molar-refractivity contribution is 0.102. The van der Waals surface area contributed by atoms with Crippen molar-refractivity contribution in [2.24, 2.45) is 0 Å². The molecule has 128 valence electrons. The SMILES string of the molecule is [C-]#[N+]c1ccc2c3c([nH]c2c1)C(=O)/C(=C/c1ccc(O)c(OC)c1)CC3. The Labute approximate surface area is 150 Å². The molecule has 0 saturated heterocycles. The first-order valence-corrected chi connectivity index (χ1v) is 8.25. The number of rotatable bonds is 2. The molecule has 2 N–H and O–H groups in total. The highest BCUT2D eigenvalue weighted by molar-refractivity contribution is 6.15. The van der Waals surface area contributed by atoms with Gasteiger partial charge in [0.1, 0.15) is 0 Å². The van der Waals surface area contributed by atoms with E-state index in [2.05, 4.69) is 9.83 Å². The fourth-order valence-corrected chi connectivity index (χ4v) is 3.42. The van der Waals surface area contributed by atoms with E-state index >= 15 is 0 Å². The summed E-state index contributed by atoms with van der Waals surface area (Å²) in [4.78, 5) is 19.6. The molecule has 0 spiro atoms. The van der Waals surface area contributed by atoms with Gasteiger partial charge in [0.25, 0.3) is 0 Å². The van der Waals surface area contributed by atoms with Gasteiger partial charge in [0.2, 0.25) is 5.78 Å².